The smallest absolute Gasteiger partial charge is 0.240 e. The molecular weight excluding hydrogens is 336 g/mol. The second kappa shape index (κ2) is 8.27. The Morgan fingerprint density at radius 2 is 1.80 bits per heavy atom. The van der Waals surface area contributed by atoms with Crippen LogP contribution in [0.25, 0.3) is 0 Å². The number of hydrogen-bond donors (Lipinski definition) is 1. The van der Waals surface area contributed by atoms with Gasteiger partial charge in [-0.25, -0.2) is 13.1 Å². The van der Waals surface area contributed by atoms with E-state index in [1.807, 2.05) is 50.2 Å². The molecule has 25 heavy (non-hydrogen) atoms. The maximum atomic E-state index is 12.4. The number of carbonyl (C=O) groups is 1. The molecule has 134 valence electrons. The van der Waals surface area contributed by atoms with Gasteiger partial charge in [0.05, 0.1) is 4.90 Å². The van der Waals surface area contributed by atoms with Gasteiger partial charge >= 0.3 is 0 Å². The predicted molar refractivity (Wildman–Crippen MR) is 100 cm³/mol. The fourth-order valence-corrected chi connectivity index (χ4v) is 3.56. The fraction of sp³-hybridized carbons (Fsp3) is 0.316. The van der Waals surface area contributed by atoms with Crippen molar-refractivity contribution in [3.63, 3.8) is 0 Å². The highest BCUT2D eigenvalue weighted by Crippen LogP contribution is 2.16. The highest BCUT2D eigenvalue weighted by molar-refractivity contribution is 7.89. The Labute approximate surface area is 149 Å². The number of aryl methyl sites for hydroxylation is 2. The van der Waals surface area contributed by atoms with E-state index >= 15 is 0 Å². The molecule has 0 aliphatic rings. The molecule has 2 aromatic rings. The van der Waals surface area contributed by atoms with Gasteiger partial charge in [0.25, 0.3) is 0 Å². The Morgan fingerprint density at radius 3 is 2.36 bits per heavy atom. The lowest BCUT2D eigenvalue weighted by Crippen LogP contribution is -2.37. The molecule has 0 unspecified atom stereocenters. The summed E-state index contributed by atoms with van der Waals surface area (Å²) in [4.78, 5) is 13.7. The first-order valence-corrected chi connectivity index (χ1v) is 9.75. The van der Waals surface area contributed by atoms with Gasteiger partial charge in [-0.2, -0.15) is 0 Å². The van der Waals surface area contributed by atoms with E-state index < -0.39 is 10.0 Å². The number of amides is 1. The third-order valence-electron chi connectivity index (χ3n) is 3.96. The van der Waals surface area contributed by atoms with Gasteiger partial charge in [-0.1, -0.05) is 31.2 Å². The molecule has 1 amide bonds. The van der Waals surface area contributed by atoms with Crippen LogP contribution in [0.15, 0.2) is 53.4 Å². The average molecular weight is 360 g/mol. The summed E-state index contributed by atoms with van der Waals surface area (Å²) in [5, 5.41) is 0. The molecule has 5 nitrogen and oxygen atoms in total. The van der Waals surface area contributed by atoms with Crippen LogP contribution >= 0.6 is 0 Å². The number of anilines is 1. The third-order valence-corrected chi connectivity index (χ3v) is 5.44. The predicted octanol–water partition coefficient (Wildman–Crippen LogP) is 2.89. The van der Waals surface area contributed by atoms with Gasteiger partial charge in [-0.3, -0.25) is 4.79 Å². The van der Waals surface area contributed by atoms with Crippen molar-refractivity contribution in [1.29, 1.82) is 0 Å². The standard InChI is InChI=1S/C19H24N2O3S/c1-4-17-8-10-19(11-9-17)25(23,24)20-12-13-21(16(3)22)18-7-5-6-15(2)14-18/h5-11,14,20H,4,12-13H2,1-3H3. The van der Waals surface area contributed by atoms with Crippen LogP contribution in [0.1, 0.15) is 25.0 Å². The zero-order valence-electron chi connectivity index (χ0n) is 14.8. The lowest BCUT2D eigenvalue weighted by Gasteiger charge is -2.21. The minimum Gasteiger partial charge on any atom is -0.311 e. The molecule has 0 radical (unpaired) electrons. The first kappa shape index (κ1) is 19.1. The number of nitrogens with one attached hydrogen (secondary N) is 1. The minimum atomic E-state index is -3.58. The maximum Gasteiger partial charge on any atom is 0.240 e. The topological polar surface area (TPSA) is 66.5 Å². The molecule has 0 aromatic heterocycles. The number of benzene rings is 2. The number of nitrogens with zero attached hydrogens (tertiary/aromatic N) is 1. The van der Waals surface area contributed by atoms with Crippen molar-refractivity contribution in [2.75, 3.05) is 18.0 Å². The second-order valence-electron chi connectivity index (χ2n) is 5.90. The molecule has 0 heterocycles. The quantitative estimate of drug-likeness (QED) is 0.826. The van der Waals surface area contributed by atoms with Crippen LogP contribution in [-0.4, -0.2) is 27.4 Å². The second-order valence-corrected chi connectivity index (χ2v) is 7.67. The molecule has 6 heteroatoms. The molecule has 1 N–H and O–H groups in total. The highest BCUT2D eigenvalue weighted by Gasteiger charge is 2.16. The summed E-state index contributed by atoms with van der Waals surface area (Å²) in [7, 11) is -3.58. The molecule has 0 aliphatic heterocycles. The van der Waals surface area contributed by atoms with Gasteiger partial charge in [0.15, 0.2) is 0 Å². The van der Waals surface area contributed by atoms with Crippen molar-refractivity contribution in [2.45, 2.75) is 32.1 Å². The van der Waals surface area contributed by atoms with Crippen molar-refractivity contribution in [3.8, 4) is 0 Å². The fourth-order valence-electron chi connectivity index (χ4n) is 2.54. The highest BCUT2D eigenvalue weighted by atomic mass is 32.2. The van der Waals surface area contributed by atoms with E-state index in [0.29, 0.717) is 0 Å². The summed E-state index contributed by atoms with van der Waals surface area (Å²) in [6.45, 7) is 5.85. The van der Waals surface area contributed by atoms with Crippen molar-refractivity contribution in [3.05, 3.63) is 59.7 Å². The van der Waals surface area contributed by atoms with Crippen molar-refractivity contribution < 1.29 is 13.2 Å². The largest absolute Gasteiger partial charge is 0.311 e. The molecule has 0 spiro atoms. The van der Waals surface area contributed by atoms with Crippen LogP contribution < -0.4 is 9.62 Å². The van der Waals surface area contributed by atoms with Gasteiger partial charge < -0.3 is 4.90 Å². The molecule has 0 aliphatic carbocycles. The van der Waals surface area contributed by atoms with Crippen LogP contribution in [0.3, 0.4) is 0 Å². The van der Waals surface area contributed by atoms with Crippen molar-refractivity contribution >= 4 is 21.6 Å². The molecular formula is C19H24N2O3S. The summed E-state index contributed by atoms with van der Waals surface area (Å²) >= 11 is 0. The van der Waals surface area contributed by atoms with Crippen LogP contribution in [-0.2, 0) is 21.2 Å². The normalized spacial score (nSPS) is 11.3. The summed E-state index contributed by atoms with van der Waals surface area (Å²) < 4.78 is 27.3. The molecule has 2 aromatic carbocycles. The molecule has 0 saturated heterocycles. The molecule has 0 bridgehead atoms. The number of carbonyl (C=O) groups excluding carboxylic acids is 1. The average Bonchev–Trinajstić information content (AvgIpc) is 2.58. The Morgan fingerprint density at radius 1 is 1.12 bits per heavy atom. The van der Waals surface area contributed by atoms with Crippen molar-refractivity contribution in [2.24, 2.45) is 0 Å². The summed E-state index contributed by atoms with van der Waals surface area (Å²) in [5.74, 6) is -0.128. The minimum absolute atomic E-state index is 0.128. The summed E-state index contributed by atoms with van der Waals surface area (Å²) in [6.07, 6.45) is 0.859. The Balaban J connectivity index is 2.04. The van der Waals surface area contributed by atoms with Gasteiger partial charge in [0, 0.05) is 25.7 Å². The molecule has 0 saturated carbocycles. The third kappa shape index (κ3) is 5.14. The zero-order chi connectivity index (χ0) is 18.4. The summed E-state index contributed by atoms with van der Waals surface area (Å²) in [5.41, 5.74) is 2.89. The van der Waals surface area contributed by atoms with Gasteiger partial charge in [-0.15, -0.1) is 0 Å². The van der Waals surface area contributed by atoms with E-state index in [1.54, 1.807) is 17.0 Å². The molecule has 0 atom stereocenters. The van der Waals surface area contributed by atoms with E-state index in [9.17, 15) is 13.2 Å². The van der Waals surface area contributed by atoms with Crippen LogP contribution in [0.2, 0.25) is 0 Å². The maximum absolute atomic E-state index is 12.4. The zero-order valence-corrected chi connectivity index (χ0v) is 15.6. The van der Waals surface area contributed by atoms with E-state index in [0.717, 1.165) is 23.2 Å². The van der Waals surface area contributed by atoms with E-state index in [2.05, 4.69) is 4.72 Å². The van der Waals surface area contributed by atoms with E-state index in [4.69, 9.17) is 0 Å². The Hall–Kier alpha value is -2.18. The first-order chi connectivity index (χ1) is 11.8. The van der Waals surface area contributed by atoms with Crippen LogP contribution in [0.4, 0.5) is 5.69 Å². The first-order valence-electron chi connectivity index (χ1n) is 8.27. The van der Waals surface area contributed by atoms with Gasteiger partial charge in [0.1, 0.15) is 0 Å². The van der Waals surface area contributed by atoms with Gasteiger partial charge in [-0.05, 0) is 48.7 Å². The SMILES string of the molecule is CCc1ccc(S(=O)(=O)NCCN(C(C)=O)c2cccc(C)c2)cc1. The van der Waals surface area contributed by atoms with Crippen LogP contribution in [0.5, 0.6) is 0 Å². The van der Waals surface area contributed by atoms with Crippen LogP contribution in [0, 0.1) is 6.92 Å². The Kier molecular flexibility index (Phi) is 6.33. The molecule has 2 rings (SSSR count). The van der Waals surface area contributed by atoms with Gasteiger partial charge in [0.2, 0.25) is 15.9 Å². The summed E-state index contributed by atoms with van der Waals surface area (Å²) in [6, 6.07) is 14.4. The lowest BCUT2D eigenvalue weighted by molar-refractivity contribution is -0.116. The van der Waals surface area contributed by atoms with E-state index in [1.165, 1.54) is 6.92 Å². The Bertz CT molecular complexity index is 830. The molecule has 0 fully saturated rings. The number of sulfonamides is 1. The van der Waals surface area contributed by atoms with E-state index in [-0.39, 0.29) is 23.9 Å². The number of hydrogen-bond acceptors (Lipinski definition) is 3. The van der Waals surface area contributed by atoms with Crippen molar-refractivity contribution in [1.82, 2.24) is 4.72 Å². The lowest BCUT2D eigenvalue weighted by atomic mass is 10.2. The monoisotopic (exact) mass is 360 g/mol. The number of rotatable bonds is 7.